The van der Waals surface area contributed by atoms with Gasteiger partial charge < -0.3 is 4.74 Å². The average molecular weight is 152 g/mol. The summed E-state index contributed by atoms with van der Waals surface area (Å²) in [4.78, 5) is 10.8. The van der Waals surface area contributed by atoms with Crippen LogP contribution in [0.3, 0.4) is 0 Å². The molecule has 1 rings (SSSR count). The Kier molecular flexibility index (Phi) is 1.85. The second kappa shape index (κ2) is 2.53. The molecule has 1 aliphatic rings. The minimum atomic E-state index is -0.458. The number of rotatable bonds is 0. The fourth-order valence-electron chi connectivity index (χ4n) is 1.15. The fourth-order valence-corrected chi connectivity index (χ4v) is 1.15. The maximum atomic E-state index is 10.8. The predicted molar refractivity (Wildman–Crippen MR) is 43.1 cm³/mol. The molecule has 0 spiro atoms. The molecule has 60 valence electrons. The van der Waals surface area contributed by atoms with E-state index in [2.05, 4.69) is 0 Å². The molecular weight excluding hydrogens is 140 g/mol. The van der Waals surface area contributed by atoms with Crippen LogP contribution < -0.4 is 0 Å². The molecule has 0 saturated heterocycles. The van der Waals surface area contributed by atoms with Crippen molar-refractivity contribution in [2.45, 2.75) is 26.4 Å². The summed E-state index contributed by atoms with van der Waals surface area (Å²) in [6.07, 6.45) is 5.19. The van der Waals surface area contributed by atoms with E-state index in [4.69, 9.17) is 4.74 Å². The minimum absolute atomic E-state index is 0.263. The first kappa shape index (κ1) is 8.05. The van der Waals surface area contributed by atoms with Crippen LogP contribution in [0.15, 0.2) is 23.8 Å². The second-order valence-electron chi connectivity index (χ2n) is 3.01. The maximum Gasteiger partial charge on any atom is 0.331 e. The van der Waals surface area contributed by atoms with Crippen LogP contribution >= 0.6 is 0 Å². The van der Waals surface area contributed by atoms with Crippen LogP contribution in [0.4, 0.5) is 0 Å². The summed E-state index contributed by atoms with van der Waals surface area (Å²) in [5.74, 6) is -0.263. The highest BCUT2D eigenvalue weighted by atomic mass is 16.6. The molecule has 0 saturated carbocycles. The topological polar surface area (TPSA) is 26.3 Å². The van der Waals surface area contributed by atoms with Gasteiger partial charge in [0.05, 0.1) is 0 Å². The van der Waals surface area contributed by atoms with Crippen molar-refractivity contribution in [2.75, 3.05) is 0 Å². The Morgan fingerprint density at radius 2 is 2.09 bits per heavy atom. The maximum absolute atomic E-state index is 10.8. The van der Waals surface area contributed by atoms with Gasteiger partial charge in [-0.3, -0.25) is 0 Å². The number of carbonyl (C=O) groups is 1. The molecule has 0 atom stereocenters. The van der Waals surface area contributed by atoms with Crippen molar-refractivity contribution in [1.82, 2.24) is 0 Å². The lowest BCUT2D eigenvalue weighted by atomic mass is 9.95. The molecule has 2 nitrogen and oxygen atoms in total. The van der Waals surface area contributed by atoms with E-state index in [1.165, 1.54) is 6.08 Å². The average Bonchev–Trinajstić information content (AvgIpc) is 1.85. The summed E-state index contributed by atoms with van der Waals surface area (Å²) in [6, 6.07) is 0. The summed E-state index contributed by atoms with van der Waals surface area (Å²) in [7, 11) is 0. The molecular formula is C9H12O2. The third-order valence-electron chi connectivity index (χ3n) is 1.76. The van der Waals surface area contributed by atoms with Crippen LogP contribution in [0.2, 0.25) is 0 Å². The summed E-state index contributed by atoms with van der Waals surface area (Å²) >= 11 is 0. The van der Waals surface area contributed by atoms with Gasteiger partial charge in [0.15, 0.2) is 0 Å². The van der Waals surface area contributed by atoms with Crippen LogP contribution in [-0.4, -0.2) is 11.6 Å². The molecule has 1 heterocycles. The van der Waals surface area contributed by atoms with Crippen molar-refractivity contribution < 1.29 is 9.53 Å². The largest absolute Gasteiger partial charge is 0.452 e. The van der Waals surface area contributed by atoms with E-state index in [0.29, 0.717) is 0 Å². The number of carbonyl (C=O) groups excluding carboxylic acids is 1. The molecule has 0 N–H and O–H groups in total. The van der Waals surface area contributed by atoms with Gasteiger partial charge >= 0.3 is 5.97 Å². The van der Waals surface area contributed by atoms with Gasteiger partial charge in [-0.2, -0.15) is 0 Å². The molecule has 0 fully saturated rings. The molecule has 0 aromatic carbocycles. The molecule has 0 bridgehead atoms. The van der Waals surface area contributed by atoms with Crippen LogP contribution in [0.5, 0.6) is 0 Å². The van der Waals surface area contributed by atoms with Gasteiger partial charge in [0, 0.05) is 6.08 Å². The van der Waals surface area contributed by atoms with Crippen LogP contribution in [0, 0.1) is 0 Å². The molecule has 1 aliphatic heterocycles. The van der Waals surface area contributed by atoms with E-state index in [1.54, 1.807) is 6.08 Å². The number of esters is 1. The Morgan fingerprint density at radius 3 is 2.55 bits per heavy atom. The van der Waals surface area contributed by atoms with Crippen molar-refractivity contribution in [3.63, 3.8) is 0 Å². The minimum Gasteiger partial charge on any atom is -0.452 e. The van der Waals surface area contributed by atoms with E-state index in [-0.39, 0.29) is 5.97 Å². The van der Waals surface area contributed by atoms with Crippen LogP contribution in [0.25, 0.3) is 0 Å². The van der Waals surface area contributed by atoms with Gasteiger partial charge in [0.1, 0.15) is 5.60 Å². The van der Waals surface area contributed by atoms with Gasteiger partial charge in [-0.25, -0.2) is 4.79 Å². The fraction of sp³-hybridized carbons (Fsp3) is 0.444. The van der Waals surface area contributed by atoms with Crippen molar-refractivity contribution >= 4 is 5.97 Å². The lowest BCUT2D eigenvalue weighted by Gasteiger charge is -2.28. The van der Waals surface area contributed by atoms with E-state index in [9.17, 15) is 4.79 Å². The summed E-state index contributed by atoms with van der Waals surface area (Å²) in [5.41, 5.74) is 0.581. The van der Waals surface area contributed by atoms with Crippen molar-refractivity contribution in [1.29, 1.82) is 0 Å². The summed E-state index contributed by atoms with van der Waals surface area (Å²) in [6.45, 7) is 5.69. The van der Waals surface area contributed by atoms with E-state index in [0.717, 1.165) is 5.57 Å². The molecule has 2 heteroatoms. The van der Waals surface area contributed by atoms with Crippen LogP contribution in [0.1, 0.15) is 20.8 Å². The number of hydrogen-bond acceptors (Lipinski definition) is 2. The number of ether oxygens (including phenoxy) is 1. The quantitative estimate of drug-likeness (QED) is 0.495. The normalized spacial score (nSPS) is 25.4. The standard InChI is InChI=1S/C9H12O2/c1-4-7-5-6-8(10)11-9(7,2)3/h4-6H,1-3H3/b7-4+. The van der Waals surface area contributed by atoms with Gasteiger partial charge in [-0.1, -0.05) is 6.08 Å². The predicted octanol–water partition coefficient (Wildman–Crippen LogP) is 1.82. The number of hydrogen-bond donors (Lipinski definition) is 0. The summed E-state index contributed by atoms with van der Waals surface area (Å²) in [5, 5.41) is 0. The van der Waals surface area contributed by atoms with Crippen molar-refractivity contribution in [3.8, 4) is 0 Å². The second-order valence-corrected chi connectivity index (χ2v) is 3.01. The SMILES string of the molecule is C/C=C1\C=CC(=O)OC1(C)C. The Balaban J connectivity index is 2.99. The van der Waals surface area contributed by atoms with Gasteiger partial charge in [0.25, 0.3) is 0 Å². The van der Waals surface area contributed by atoms with Crippen molar-refractivity contribution in [3.05, 3.63) is 23.8 Å². The Hall–Kier alpha value is -1.05. The van der Waals surface area contributed by atoms with Gasteiger partial charge in [-0.05, 0) is 32.4 Å². The first-order valence-corrected chi connectivity index (χ1v) is 3.64. The Labute approximate surface area is 66.5 Å². The Bertz CT molecular complexity index is 234. The lowest BCUT2D eigenvalue weighted by molar-refractivity contribution is -0.147. The molecule has 0 amide bonds. The van der Waals surface area contributed by atoms with E-state index < -0.39 is 5.60 Å². The Morgan fingerprint density at radius 1 is 1.45 bits per heavy atom. The lowest BCUT2D eigenvalue weighted by Crippen LogP contribution is -2.31. The van der Waals surface area contributed by atoms with Crippen LogP contribution in [-0.2, 0) is 9.53 Å². The zero-order valence-corrected chi connectivity index (χ0v) is 7.05. The van der Waals surface area contributed by atoms with E-state index >= 15 is 0 Å². The number of allylic oxidation sites excluding steroid dienone is 1. The van der Waals surface area contributed by atoms with Crippen molar-refractivity contribution in [2.24, 2.45) is 0 Å². The third-order valence-corrected chi connectivity index (χ3v) is 1.76. The first-order chi connectivity index (χ1) is 5.06. The molecule has 11 heavy (non-hydrogen) atoms. The number of cyclic esters (lactones) is 1. The molecule has 0 radical (unpaired) electrons. The highest BCUT2D eigenvalue weighted by Gasteiger charge is 2.28. The highest BCUT2D eigenvalue weighted by Crippen LogP contribution is 2.25. The zero-order chi connectivity index (χ0) is 8.48. The monoisotopic (exact) mass is 152 g/mol. The molecule has 0 unspecified atom stereocenters. The molecule has 0 aliphatic carbocycles. The molecule has 0 aromatic heterocycles. The summed E-state index contributed by atoms with van der Waals surface area (Å²) < 4.78 is 5.08. The first-order valence-electron chi connectivity index (χ1n) is 3.64. The third kappa shape index (κ3) is 1.50. The van der Waals surface area contributed by atoms with E-state index in [1.807, 2.05) is 26.8 Å². The molecule has 0 aromatic rings. The highest BCUT2D eigenvalue weighted by molar-refractivity contribution is 5.84. The van der Waals surface area contributed by atoms with Gasteiger partial charge in [-0.15, -0.1) is 0 Å². The van der Waals surface area contributed by atoms with Gasteiger partial charge in [0.2, 0.25) is 0 Å². The smallest absolute Gasteiger partial charge is 0.331 e. The zero-order valence-electron chi connectivity index (χ0n) is 7.05.